The fourth-order valence-electron chi connectivity index (χ4n) is 15.5. The third-order valence-electron chi connectivity index (χ3n) is 18.4. The van der Waals surface area contributed by atoms with Crippen molar-refractivity contribution in [2.75, 3.05) is 4.90 Å². The van der Waals surface area contributed by atoms with E-state index in [1.807, 2.05) is 0 Å². The number of anilines is 3. The van der Waals surface area contributed by atoms with Crippen molar-refractivity contribution in [2.45, 2.75) is 30.1 Å². The molecule has 0 saturated heterocycles. The predicted molar refractivity (Wildman–Crippen MR) is 319 cm³/mol. The van der Waals surface area contributed by atoms with Crippen molar-refractivity contribution in [2.24, 2.45) is 0 Å². The average Bonchev–Trinajstić information content (AvgIpc) is 4.38. The number of aromatic nitrogens is 1. The third kappa shape index (κ3) is 5.25. The number of hydrogen-bond donors (Lipinski definition) is 0. The van der Waals surface area contributed by atoms with Crippen LogP contribution in [0.3, 0.4) is 0 Å². The number of benzene rings is 12. The van der Waals surface area contributed by atoms with Crippen LogP contribution >= 0.6 is 0 Å². The van der Waals surface area contributed by atoms with Crippen LogP contribution in [-0.2, 0) is 16.2 Å². The average molecular weight is 979 g/mol. The quantitative estimate of drug-likeness (QED) is 0.167. The number of hydrogen-bond acceptors (Lipinski definition) is 1. The molecular formula is C75H50N2. The summed E-state index contributed by atoms with van der Waals surface area (Å²) < 4.78 is 2.54. The predicted octanol–water partition coefficient (Wildman–Crippen LogP) is 18.8. The first-order chi connectivity index (χ1) is 38.0. The molecule has 0 amide bonds. The minimum absolute atomic E-state index is 0.206. The Morgan fingerprint density at radius 2 is 0.857 bits per heavy atom. The molecule has 0 fully saturated rings. The van der Waals surface area contributed by atoms with E-state index in [2.05, 4.69) is 290 Å². The first-order valence-corrected chi connectivity index (χ1v) is 27.2. The van der Waals surface area contributed by atoms with E-state index in [1.54, 1.807) is 0 Å². The van der Waals surface area contributed by atoms with Crippen molar-refractivity contribution in [3.63, 3.8) is 0 Å². The van der Waals surface area contributed by atoms with Crippen molar-refractivity contribution < 1.29 is 0 Å². The van der Waals surface area contributed by atoms with E-state index in [0.717, 1.165) is 11.4 Å². The molecule has 0 saturated carbocycles. The van der Waals surface area contributed by atoms with Crippen LogP contribution in [0.1, 0.15) is 69.5 Å². The van der Waals surface area contributed by atoms with Gasteiger partial charge >= 0.3 is 0 Å². The van der Waals surface area contributed by atoms with E-state index in [4.69, 9.17) is 0 Å². The Morgan fingerprint density at radius 3 is 1.62 bits per heavy atom. The van der Waals surface area contributed by atoms with Crippen LogP contribution in [0.4, 0.5) is 17.1 Å². The van der Waals surface area contributed by atoms with Gasteiger partial charge in [0.15, 0.2) is 0 Å². The Balaban J connectivity index is 1.01. The van der Waals surface area contributed by atoms with Crippen molar-refractivity contribution >= 4 is 49.6 Å². The zero-order valence-corrected chi connectivity index (χ0v) is 42.8. The molecule has 1 aliphatic heterocycles. The second-order valence-corrected chi connectivity index (χ2v) is 22.2. The van der Waals surface area contributed by atoms with Gasteiger partial charge in [-0.25, -0.2) is 0 Å². The molecule has 3 aliphatic carbocycles. The number of para-hydroxylation sites is 3. The lowest BCUT2D eigenvalue weighted by atomic mass is 9.65. The highest BCUT2D eigenvalue weighted by Gasteiger charge is 2.53. The van der Waals surface area contributed by atoms with Crippen LogP contribution in [0, 0.1) is 0 Å². The first-order valence-electron chi connectivity index (χ1n) is 27.2. The summed E-state index contributed by atoms with van der Waals surface area (Å²) in [5.74, 6) is 0. The van der Waals surface area contributed by atoms with Gasteiger partial charge in [-0.1, -0.05) is 244 Å². The summed E-state index contributed by atoms with van der Waals surface area (Å²) in [4.78, 5) is 2.65. The molecule has 77 heavy (non-hydrogen) atoms. The normalized spacial score (nSPS) is 16.2. The van der Waals surface area contributed by atoms with E-state index in [0.29, 0.717) is 0 Å². The Hall–Kier alpha value is -9.50. The molecule has 13 aromatic rings. The number of fused-ring (bicyclic) bond motifs is 20. The standard InChI is InChI=1S/C75H50N2/c1-73(2)57-32-14-11-29-54(57)70-60(73)35-20-40-67(70)76(50-43-44-56-64(46-50)74(48-23-5-3-6-24-48,49-25-7-4-8-26-49)62-45-42-47-22-9-10-27-51(47)69(56)62)68-41-21-36-61-71(68)55-30-12-15-33-58(55)75(61)59-34-16-18-39-66(59)77-65-38-17-13-28-52(65)53-31-19-37-63(75)72(53)77/h3-46H,1-2H3. The molecule has 2 heterocycles. The molecule has 0 radical (unpaired) electrons. The maximum Gasteiger partial charge on any atom is 0.0755 e. The third-order valence-corrected chi connectivity index (χ3v) is 18.4. The lowest BCUT2D eigenvalue weighted by Gasteiger charge is -2.40. The van der Waals surface area contributed by atoms with Gasteiger partial charge in [-0.2, -0.15) is 0 Å². The van der Waals surface area contributed by atoms with Gasteiger partial charge in [0.2, 0.25) is 0 Å². The van der Waals surface area contributed by atoms with Crippen molar-refractivity contribution in [1.29, 1.82) is 0 Å². The van der Waals surface area contributed by atoms with Crippen LogP contribution in [-0.4, -0.2) is 4.57 Å². The van der Waals surface area contributed by atoms with E-state index >= 15 is 0 Å². The Kier molecular flexibility index (Phi) is 8.51. The van der Waals surface area contributed by atoms with Gasteiger partial charge in [-0.05, 0) is 125 Å². The highest BCUT2D eigenvalue weighted by atomic mass is 15.2. The SMILES string of the molecule is CC1(C)c2ccccc2-c2c(N(c3ccc4c(c3)C(c3ccccc3)(c3ccccc3)c3ccc5ccccc5c3-4)c3cccc4c3-c3ccccc3C43c4ccccc4-n4c5ccccc5c5cccc3c54)cccc21. The minimum atomic E-state index is -0.621. The van der Waals surface area contributed by atoms with Gasteiger partial charge in [0.25, 0.3) is 0 Å². The molecule has 12 aromatic carbocycles. The molecule has 1 spiro atoms. The smallest absolute Gasteiger partial charge is 0.0755 e. The van der Waals surface area contributed by atoms with Crippen LogP contribution in [0.15, 0.2) is 267 Å². The lowest BCUT2D eigenvalue weighted by Crippen LogP contribution is -2.33. The van der Waals surface area contributed by atoms with E-state index in [1.165, 1.54) is 133 Å². The van der Waals surface area contributed by atoms with E-state index in [-0.39, 0.29) is 5.41 Å². The van der Waals surface area contributed by atoms with Gasteiger partial charge in [-0.3, -0.25) is 0 Å². The zero-order valence-electron chi connectivity index (χ0n) is 42.8. The summed E-state index contributed by atoms with van der Waals surface area (Å²) in [6.07, 6.45) is 0. The van der Waals surface area contributed by atoms with Gasteiger partial charge in [0.05, 0.1) is 38.9 Å². The highest BCUT2D eigenvalue weighted by molar-refractivity contribution is 6.14. The van der Waals surface area contributed by atoms with Gasteiger partial charge in [0, 0.05) is 33.0 Å². The summed E-state index contributed by atoms with van der Waals surface area (Å²) in [6, 6.07) is 102. The molecule has 4 aliphatic rings. The Bertz CT molecular complexity index is 4630. The van der Waals surface area contributed by atoms with Crippen molar-refractivity contribution in [3.8, 4) is 39.1 Å². The first kappa shape index (κ1) is 42.8. The molecule has 0 bridgehead atoms. The second-order valence-electron chi connectivity index (χ2n) is 22.2. The summed E-state index contributed by atoms with van der Waals surface area (Å²) in [5.41, 5.74) is 26.4. The fraction of sp³-hybridized carbons (Fsp3) is 0.0667. The monoisotopic (exact) mass is 978 g/mol. The Morgan fingerprint density at radius 1 is 0.325 bits per heavy atom. The second kappa shape index (κ2) is 15.3. The van der Waals surface area contributed by atoms with Crippen LogP contribution < -0.4 is 4.90 Å². The number of rotatable bonds is 5. The van der Waals surface area contributed by atoms with Crippen LogP contribution in [0.2, 0.25) is 0 Å². The summed E-state index contributed by atoms with van der Waals surface area (Å²) >= 11 is 0. The zero-order chi connectivity index (χ0) is 50.8. The van der Waals surface area contributed by atoms with Crippen LogP contribution in [0.25, 0.3) is 71.6 Å². The van der Waals surface area contributed by atoms with Crippen molar-refractivity contribution in [3.05, 3.63) is 323 Å². The summed E-state index contributed by atoms with van der Waals surface area (Å²) in [7, 11) is 0. The topological polar surface area (TPSA) is 8.17 Å². The van der Waals surface area contributed by atoms with E-state index in [9.17, 15) is 0 Å². The molecule has 0 N–H and O–H groups in total. The molecule has 1 atom stereocenters. The lowest BCUT2D eigenvalue weighted by molar-refractivity contribution is 0.660. The molecule has 360 valence electrons. The van der Waals surface area contributed by atoms with E-state index < -0.39 is 10.8 Å². The molecule has 1 aromatic heterocycles. The van der Waals surface area contributed by atoms with Crippen LogP contribution in [0.5, 0.6) is 0 Å². The molecular weight excluding hydrogens is 929 g/mol. The van der Waals surface area contributed by atoms with Gasteiger partial charge < -0.3 is 9.47 Å². The molecule has 2 nitrogen and oxygen atoms in total. The maximum atomic E-state index is 2.65. The highest BCUT2D eigenvalue weighted by Crippen LogP contribution is 2.65. The number of nitrogens with zero attached hydrogens (tertiary/aromatic N) is 2. The van der Waals surface area contributed by atoms with Gasteiger partial charge in [-0.15, -0.1) is 0 Å². The summed E-state index contributed by atoms with van der Waals surface area (Å²) in [5, 5.41) is 5.07. The minimum Gasteiger partial charge on any atom is -0.309 e. The fourth-order valence-corrected chi connectivity index (χ4v) is 15.5. The maximum absolute atomic E-state index is 2.65. The molecule has 17 rings (SSSR count). The molecule has 1 unspecified atom stereocenters. The summed E-state index contributed by atoms with van der Waals surface area (Å²) in [6.45, 7) is 4.80. The Labute approximate surface area is 448 Å². The largest absolute Gasteiger partial charge is 0.309 e. The van der Waals surface area contributed by atoms with Gasteiger partial charge in [0.1, 0.15) is 0 Å². The molecule has 2 heteroatoms. The van der Waals surface area contributed by atoms with Crippen molar-refractivity contribution in [1.82, 2.24) is 4.57 Å².